The first-order chi connectivity index (χ1) is 4.47. The molecule has 0 unspecified atom stereocenters. The van der Waals surface area contributed by atoms with Crippen LogP contribution >= 0.6 is 8.46 Å². The number of aliphatic hydroxyl groups excluding tert-OH is 1. The van der Waals surface area contributed by atoms with Crippen LogP contribution in [0.15, 0.2) is 0 Å². The Morgan fingerprint density at radius 1 is 1.40 bits per heavy atom. The molecule has 0 saturated heterocycles. The molecule has 0 amide bonds. The number of likely N-dealkylation sites (N-methyl/N-ethyl adjacent to an activating group) is 1. The number of rotatable bonds is 2. The highest BCUT2D eigenvalue weighted by molar-refractivity contribution is 7.22. The quantitative estimate of drug-likeness (QED) is 0.481. The van der Waals surface area contributed by atoms with E-state index >= 15 is 0 Å². The minimum Gasteiger partial charge on any atom is -0.391 e. The van der Waals surface area contributed by atoms with Crippen molar-refractivity contribution in [2.24, 2.45) is 0 Å². The number of hydrogen-bond donors (Lipinski definition) is 1. The van der Waals surface area contributed by atoms with Crippen molar-refractivity contribution in [3.05, 3.63) is 0 Å². The fourth-order valence-electron chi connectivity index (χ4n) is 0.300. The van der Waals surface area contributed by atoms with Gasteiger partial charge < -0.3 is 9.59 Å². The van der Waals surface area contributed by atoms with Crippen LogP contribution in [0.3, 0.4) is 0 Å². The first-order valence-corrected chi connectivity index (χ1v) is 4.36. The van der Waals surface area contributed by atoms with Crippen molar-refractivity contribution < 1.29 is 14.2 Å². The summed E-state index contributed by atoms with van der Waals surface area (Å²) < 4.78 is 9.75. The number of quaternary nitrogens is 1. The van der Waals surface area contributed by atoms with Gasteiger partial charge in [0.2, 0.25) is 0 Å². The summed E-state index contributed by atoms with van der Waals surface area (Å²) in [7, 11) is 6.32. The van der Waals surface area contributed by atoms with Gasteiger partial charge in [-0.05, 0) is 0 Å². The molecule has 0 heterocycles. The Labute approximate surface area is 64.5 Å². The number of hydrogen-bond acceptors (Lipinski definition) is 2. The van der Waals surface area contributed by atoms with E-state index < -0.39 is 0 Å². The van der Waals surface area contributed by atoms with E-state index in [-0.39, 0.29) is 15.1 Å². The molecule has 0 rings (SSSR count). The summed E-state index contributed by atoms with van der Waals surface area (Å²) in [6, 6.07) is 0. The lowest BCUT2D eigenvalue weighted by Crippen LogP contribution is -2.36. The zero-order valence-electron chi connectivity index (χ0n) is 7.16. The molecule has 0 bridgehead atoms. The van der Waals surface area contributed by atoms with Crippen LogP contribution in [0.4, 0.5) is 0 Å². The summed E-state index contributed by atoms with van der Waals surface area (Å²) in [5.74, 6) is 0. The zero-order chi connectivity index (χ0) is 8.62. The molecule has 0 aliphatic rings. The minimum atomic E-state index is 0.167. The van der Waals surface area contributed by atoms with E-state index in [0.717, 1.165) is 11.0 Å². The standard InChI is InChI=1S/C5H14NO.CH3OP/c1-6(2,3)4-5-7;1-3-2/h7H,4-5H2,1-3H3;1H3/q+1;. The van der Waals surface area contributed by atoms with Gasteiger partial charge in [0, 0.05) is 6.66 Å². The molecule has 0 atom stereocenters. The third-order valence-corrected chi connectivity index (χ3v) is 0.771. The Hall–Kier alpha value is 0.0200. The second-order valence-corrected chi connectivity index (χ2v) is 3.29. The van der Waals surface area contributed by atoms with Gasteiger partial charge in [-0.1, -0.05) is 0 Å². The lowest BCUT2D eigenvalue weighted by Gasteiger charge is -2.21. The van der Waals surface area contributed by atoms with E-state index in [1.54, 1.807) is 6.66 Å². The molecule has 0 aromatic carbocycles. The van der Waals surface area contributed by atoms with E-state index in [0.29, 0.717) is 0 Å². The molecular weight excluding hydrogens is 149 g/mol. The predicted octanol–water partition coefficient (Wildman–Crippen LogP) is 0.593. The van der Waals surface area contributed by atoms with Gasteiger partial charge >= 0.3 is 0 Å². The molecule has 0 aromatic heterocycles. The second kappa shape index (κ2) is 7.13. The van der Waals surface area contributed by atoms with E-state index in [2.05, 4.69) is 21.1 Å². The summed E-state index contributed by atoms with van der Waals surface area (Å²) in [4.78, 5) is 0. The molecule has 4 heteroatoms. The maximum absolute atomic E-state index is 8.90. The Kier molecular flexibility index (Phi) is 9.04. The fraction of sp³-hybridized carbons (Fsp3) is 1.00. The third-order valence-electron chi connectivity index (χ3n) is 0.771. The van der Waals surface area contributed by atoms with E-state index in [1.165, 1.54) is 0 Å². The third kappa shape index (κ3) is 24.5. The van der Waals surface area contributed by atoms with Crippen LogP contribution < -0.4 is 0 Å². The maximum atomic E-state index is 8.90. The molecule has 0 aromatic rings. The molecular formula is C6H17NO2P+. The normalized spacial score (nSPS) is 10.5. The number of nitrogens with zero attached hydrogens (tertiary/aromatic N) is 1. The van der Waals surface area contributed by atoms with Crippen molar-refractivity contribution in [3.63, 3.8) is 0 Å². The van der Waals surface area contributed by atoms with Gasteiger partial charge in [0.1, 0.15) is 6.54 Å². The SMILES string of the molecule is CP=O.C[N+](C)(C)CCO. The van der Waals surface area contributed by atoms with E-state index in [4.69, 9.17) is 9.67 Å². The lowest BCUT2D eigenvalue weighted by molar-refractivity contribution is -0.870. The van der Waals surface area contributed by atoms with Crippen molar-refractivity contribution in [2.45, 2.75) is 0 Å². The van der Waals surface area contributed by atoms with Crippen LogP contribution in [0.2, 0.25) is 0 Å². The summed E-state index contributed by atoms with van der Waals surface area (Å²) in [5.41, 5.74) is 0. The van der Waals surface area contributed by atoms with E-state index in [1.807, 2.05) is 0 Å². The molecule has 0 saturated carbocycles. The van der Waals surface area contributed by atoms with Crippen LogP contribution in [0.1, 0.15) is 0 Å². The first kappa shape index (κ1) is 12.7. The number of aliphatic hydroxyl groups is 1. The molecule has 0 aliphatic heterocycles. The van der Waals surface area contributed by atoms with Crippen LogP contribution in [0.5, 0.6) is 0 Å². The Morgan fingerprint density at radius 3 is 1.70 bits per heavy atom. The zero-order valence-corrected chi connectivity index (χ0v) is 8.06. The topological polar surface area (TPSA) is 37.3 Å². The van der Waals surface area contributed by atoms with Gasteiger partial charge in [-0.25, -0.2) is 0 Å². The summed E-state index contributed by atoms with van der Waals surface area (Å²) in [6.45, 7) is 2.66. The van der Waals surface area contributed by atoms with E-state index in [9.17, 15) is 0 Å². The molecule has 0 aliphatic carbocycles. The summed E-state index contributed by atoms with van der Waals surface area (Å²) >= 11 is 0. The molecule has 0 radical (unpaired) electrons. The van der Waals surface area contributed by atoms with Gasteiger partial charge in [-0.3, -0.25) is 4.57 Å². The molecule has 3 nitrogen and oxygen atoms in total. The smallest absolute Gasteiger partial charge is 0.151 e. The highest BCUT2D eigenvalue weighted by atomic mass is 31.1. The van der Waals surface area contributed by atoms with Crippen molar-refractivity contribution >= 4 is 8.46 Å². The van der Waals surface area contributed by atoms with Gasteiger partial charge in [0.25, 0.3) is 0 Å². The average Bonchev–Trinajstić information content (AvgIpc) is 1.63. The molecule has 62 valence electrons. The maximum Gasteiger partial charge on any atom is 0.151 e. The molecule has 1 N–H and O–H groups in total. The Bertz CT molecular complexity index is 80.3. The highest BCUT2D eigenvalue weighted by Crippen LogP contribution is 1.84. The monoisotopic (exact) mass is 166 g/mol. The molecule has 0 fully saturated rings. The predicted molar refractivity (Wildman–Crippen MR) is 43.5 cm³/mol. The van der Waals surface area contributed by atoms with Gasteiger partial charge in [-0.15, -0.1) is 0 Å². The van der Waals surface area contributed by atoms with Crippen molar-refractivity contribution in [1.29, 1.82) is 0 Å². The van der Waals surface area contributed by atoms with Crippen LogP contribution in [-0.4, -0.2) is 50.5 Å². The van der Waals surface area contributed by atoms with Crippen LogP contribution in [0.25, 0.3) is 0 Å². The molecule has 10 heavy (non-hydrogen) atoms. The lowest BCUT2D eigenvalue weighted by atomic mass is 10.5. The molecule has 0 spiro atoms. The van der Waals surface area contributed by atoms with Crippen molar-refractivity contribution in [1.82, 2.24) is 0 Å². The minimum absolute atomic E-state index is 0.167. The Balaban J connectivity index is 0. The summed E-state index contributed by atoms with van der Waals surface area (Å²) in [6.07, 6.45) is 0. The first-order valence-electron chi connectivity index (χ1n) is 3.10. The largest absolute Gasteiger partial charge is 0.391 e. The van der Waals surface area contributed by atoms with Gasteiger partial charge in [-0.2, -0.15) is 0 Å². The van der Waals surface area contributed by atoms with Crippen molar-refractivity contribution in [3.8, 4) is 0 Å². The summed E-state index contributed by atoms with van der Waals surface area (Å²) in [5, 5.41) is 8.39. The van der Waals surface area contributed by atoms with Crippen LogP contribution in [-0.2, 0) is 4.57 Å². The van der Waals surface area contributed by atoms with Crippen molar-refractivity contribution in [2.75, 3.05) is 41.0 Å². The second-order valence-electron chi connectivity index (χ2n) is 2.92. The Morgan fingerprint density at radius 2 is 1.70 bits per heavy atom. The van der Waals surface area contributed by atoms with Crippen LogP contribution in [0, 0.1) is 0 Å². The van der Waals surface area contributed by atoms with Gasteiger partial charge in [0.15, 0.2) is 8.46 Å². The highest BCUT2D eigenvalue weighted by Gasteiger charge is 2.02. The van der Waals surface area contributed by atoms with Gasteiger partial charge in [0.05, 0.1) is 27.7 Å². The fourth-order valence-corrected chi connectivity index (χ4v) is 0.300. The average molecular weight is 166 g/mol.